The van der Waals surface area contributed by atoms with Crippen molar-refractivity contribution in [1.82, 2.24) is 9.80 Å². The number of likely N-dealkylation sites (tertiary alicyclic amines) is 1. The summed E-state index contributed by atoms with van der Waals surface area (Å²) in [6, 6.07) is 33.4. The van der Waals surface area contributed by atoms with Gasteiger partial charge in [0.05, 0.1) is 5.56 Å². The van der Waals surface area contributed by atoms with Gasteiger partial charge in [-0.15, -0.1) is 0 Å². The number of benzene rings is 4. The second kappa shape index (κ2) is 14.9. The van der Waals surface area contributed by atoms with Gasteiger partial charge in [-0.2, -0.15) is 13.2 Å². The Balaban J connectivity index is 1.39. The molecule has 0 bridgehead atoms. The summed E-state index contributed by atoms with van der Waals surface area (Å²) in [5, 5.41) is 0. The van der Waals surface area contributed by atoms with Gasteiger partial charge in [-0.3, -0.25) is 9.59 Å². The van der Waals surface area contributed by atoms with Crippen LogP contribution in [0.15, 0.2) is 121 Å². The van der Waals surface area contributed by atoms with E-state index in [0.29, 0.717) is 31.0 Å². The lowest BCUT2D eigenvalue weighted by molar-refractivity contribution is -0.145. The molecule has 5 rings (SSSR count). The van der Waals surface area contributed by atoms with E-state index in [0.717, 1.165) is 42.5 Å². The van der Waals surface area contributed by atoms with Crippen molar-refractivity contribution in [3.63, 3.8) is 0 Å². The second-order valence-electron chi connectivity index (χ2n) is 11.6. The molecule has 1 saturated heterocycles. The Morgan fingerprint density at radius 3 is 1.84 bits per heavy atom. The van der Waals surface area contributed by atoms with Crippen molar-refractivity contribution in [2.45, 2.75) is 44.4 Å². The molecule has 0 radical (unpaired) electrons. The molecule has 0 aromatic heterocycles. The van der Waals surface area contributed by atoms with Gasteiger partial charge >= 0.3 is 6.18 Å². The van der Waals surface area contributed by atoms with E-state index >= 15 is 0 Å². The van der Waals surface area contributed by atoms with Crippen LogP contribution >= 0.6 is 0 Å². The lowest BCUT2D eigenvalue weighted by atomic mass is 9.89. The van der Waals surface area contributed by atoms with Gasteiger partial charge in [-0.25, -0.2) is 0 Å². The number of carbonyl (C=O) groups excluding carboxylic acids is 2. The number of amides is 2. The van der Waals surface area contributed by atoms with Gasteiger partial charge in [0.1, 0.15) is 6.04 Å². The van der Waals surface area contributed by atoms with Gasteiger partial charge in [-0.05, 0) is 65.6 Å². The van der Waals surface area contributed by atoms with Crippen LogP contribution in [-0.2, 0) is 35.2 Å². The second-order valence-corrected chi connectivity index (χ2v) is 11.6. The summed E-state index contributed by atoms with van der Waals surface area (Å²) in [5.41, 5.74) is 2.82. The molecule has 0 spiro atoms. The number of hydrogen-bond donors (Lipinski definition) is 0. The number of rotatable bonds is 10. The first-order valence-electron chi connectivity index (χ1n) is 15.3. The highest BCUT2D eigenvalue weighted by molar-refractivity contribution is 5.95. The molecule has 0 unspecified atom stereocenters. The summed E-state index contributed by atoms with van der Waals surface area (Å²) in [6.45, 7) is 1.46. The number of hydrogen-bond acceptors (Lipinski definition) is 2. The van der Waals surface area contributed by atoms with Gasteiger partial charge in [0.2, 0.25) is 11.8 Å². The van der Waals surface area contributed by atoms with E-state index < -0.39 is 17.8 Å². The fourth-order valence-electron chi connectivity index (χ4n) is 5.85. The van der Waals surface area contributed by atoms with Crippen LogP contribution in [0.1, 0.15) is 40.7 Å². The first kappa shape index (κ1) is 31.8. The first-order chi connectivity index (χ1) is 21.8. The Kier molecular flexibility index (Phi) is 10.5. The van der Waals surface area contributed by atoms with Gasteiger partial charge < -0.3 is 9.80 Å². The average Bonchev–Trinajstić information content (AvgIpc) is 3.06. The Bertz CT molecular complexity index is 1550. The van der Waals surface area contributed by atoms with Crippen LogP contribution in [0.5, 0.6) is 0 Å². The number of halogens is 3. The van der Waals surface area contributed by atoms with Crippen LogP contribution in [0.25, 0.3) is 6.08 Å². The average molecular weight is 611 g/mol. The molecule has 4 aromatic carbocycles. The molecule has 4 nitrogen and oxygen atoms in total. The lowest BCUT2D eigenvalue weighted by Gasteiger charge is -2.38. The fraction of sp³-hybridized carbons (Fsp3) is 0.263. The lowest BCUT2D eigenvalue weighted by Crippen LogP contribution is -2.53. The van der Waals surface area contributed by atoms with Crippen molar-refractivity contribution in [3.8, 4) is 0 Å². The molecule has 0 aliphatic carbocycles. The largest absolute Gasteiger partial charge is 0.416 e. The topological polar surface area (TPSA) is 40.6 Å². The number of alkyl halides is 3. The molecule has 1 aliphatic rings. The van der Waals surface area contributed by atoms with Crippen molar-refractivity contribution in [2.75, 3.05) is 13.1 Å². The minimum Gasteiger partial charge on any atom is -0.341 e. The molecule has 2 amide bonds. The zero-order valence-electron chi connectivity index (χ0n) is 25.1. The predicted molar refractivity (Wildman–Crippen MR) is 171 cm³/mol. The summed E-state index contributed by atoms with van der Waals surface area (Å²) in [4.78, 5) is 31.7. The normalized spacial score (nSPS) is 14.8. The van der Waals surface area contributed by atoms with E-state index in [-0.39, 0.29) is 18.4 Å². The molecule has 1 fully saturated rings. The summed E-state index contributed by atoms with van der Waals surface area (Å²) in [5.74, 6) is 0.00830. The van der Waals surface area contributed by atoms with Crippen molar-refractivity contribution in [2.24, 2.45) is 5.92 Å². The molecule has 0 saturated carbocycles. The third-order valence-electron chi connectivity index (χ3n) is 8.36. The molecule has 0 N–H and O–H groups in total. The van der Waals surface area contributed by atoms with Crippen molar-refractivity contribution < 1.29 is 22.8 Å². The SMILES string of the molecule is O=C([C@H](Cc1ccccc1)N(Cc1ccccc1)C(=O)/C=C/c1ccc(C(F)(F)F)cc1)N1CCC(Cc2ccccc2)CC1. The van der Waals surface area contributed by atoms with Crippen LogP contribution in [0.3, 0.4) is 0 Å². The standard InChI is InChI=1S/C38H37F3N2O2/c39-38(40,41)34-19-16-29(17-20-34)18-21-36(44)43(28-33-14-8-3-9-15-33)35(27-31-12-6-2-7-13-31)37(45)42-24-22-32(23-25-42)26-30-10-4-1-5-11-30/h1-21,32,35H,22-28H2/b21-18+/t35-/m0/s1. The molecular formula is C38H37F3N2O2. The fourth-order valence-corrected chi connectivity index (χ4v) is 5.85. The minimum absolute atomic E-state index is 0.0933. The van der Waals surface area contributed by atoms with Crippen molar-refractivity contribution >= 4 is 17.9 Å². The highest BCUT2D eigenvalue weighted by Crippen LogP contribution is 2.29. The third kappa shape index (κ3) is 8.94. The monoisotopic (exact) mass is 610 g/mol. The van der Waals surface area contributed by atoms with E-state index in [1.807, 2.05) is 83.8 Å². The molecule has 7 heteroatoms. The molecule has 1 heterocycles. The van der Waals surface area contributed by atoms with Crippen LogP contribution in [-0.4, -0.2) is 40.7 Å². The summed E-state index contributed by atoms with van der Waals surface area (Å²) >= 11 is 0. The number of carbonyl (C=O) groups is 2. The Morgan fingerprint density at radius 1 is 0.756 bits per heavy atom. The van der Waals surface area contributed by atoms with Crippen molar-refractivity contribution in [3.05, 3.63) is 149 Å². The maximum absolute atomic E-state index is 14.3. The zero-order chi connectivity index (χ0) is 31.6. The van der Waals surface area contributed by atoms with Crippen LogP contribution in [0.4, 0.5) is 13.2 Å². The van der Waals surface area contributed by atoms with Crippen LogP contribution in [0.2, 0.25) is 0 Å². The zero-order valence-corrected chi connectivity index (χ0v) is 25.1. The van der Waals surface area contributed by atoms with Gasteiger partial charge in [0.15, 0.2) is 0 Å². The van der Waals surface area contributed by atoms with Gasteiger partial charge in [-0.1, -0.05) is 103 Å². The number of piperidine rings is 1. The van der Waals surface area contributed by atoms with Gasteiger partial charge in [0, 0.05) is 32.1 Å². The maximum atomic E-state index is 14.3. The van der Waals surface area contributed by atoms with Crippen molar-refractivity contribution in [1.29, 1.82) is 0 Å². The van der Waals surface area contributed by atoms with E-state index in [1.165, 1.54) is 29.8 Å². The van der Waals surface area contributed by atoms with E-state index in [9.17, 15) is 22.8 Å². The smallest absolute Gasteiger partial charge is 0.341 e. The van der Waals surface area contributed by atoms with E-state index in [2.05, 4.69) is 12.1 Å². The molecular weight excluding hydrogens is 573 g/mol. The summed E-state index contributed by atoms with van der Waals surface area (Å²) < 4.78 is 39.1. The highest BCUT2D eigenvalue weighted by atomic mass is 19.4. The molecule has 4 aromatic rings. The Hall–Kier alpha value is -4.65. The third-order valence-corrected chi connectivity index (χ3v) is 8.36. The molecule has 45 heavy (non-hydrogen) atoms. The van der Waals surface area contributed by atoms with E-state index in [1.54, 1.807) is 4.90 Å². The van der Waals surface area contributed by atoms with Gasteiger partial charge in [0.25, 0.3) is 0 Å². The first-order valence-corrected chi connectivity index (χ1v) is 15.3. The predicted octanol–water partition coefficient (Wildman–Crippen LogP) is 7.84. The van der Waals surface area contributed by atoms with Crippen LogP contribution in [0, 0.1) is 5.92 Å². The summed E-state index contributed by atoms with van der Waals surface area (Å²) in [6.07, 6.45) is 1.51. The van der Waals surface area contributed by atoms with E-state index in [4.69, 9.17) is 0 Å². The Labute approximate surface area is 262 Å². The minimum atomic E-state index is -4.44. The Morgan fingerprint density at radius 2 is 1.29 bits per heavy atom. The summed E-state index contributed by atoms with van der Waals surface area (Å²) in [7, 11) is 0. The molecule has 1 atom stereocenters. The molecule has 232 valence electrons. The highest BCUT2D eigenvalue weighted by Gasteiger charge is 2.34. The molecule has 1 aliphatic heterocycles. The maximum Gasteiger partial charge on any atom is 0.416 e. The van der Waals surface area contributed by atoms with Crippen LogP contribution < -0.4 is 0 Å². The quantitative estimate of drug-likeness (QED) is 0.172. The number of nitrogens with zero attached hydrogens (tertiary/aromatic N) is 2.